The minimum atomic E-state index is -3.42. The monoisotopic (exact) mass is 824 g/mol. The zero-order valence-corrected chi connectivity index (χ0v) is 31.5. The highest BCUT2D eigenvalue weighted by Crippen LogP contribution is 2.37. The van der Waals surface area contributed by atoms with Crippen LogP contribution in [0.1, 0.15) is 65.1 Å². The molecule has 0 aliphatic carbocycles. The lowest BCUT2D eigenvalue weighted by Gasteiger charge is -2.12. The number of aliphatic carboxylic acids is 2. The van der Waals surface area contributed by atoms with Crippen LogP contribution in [0.5, 0.6) is 0 Å². The maximum Gasteiger partial charge on any atom is 0.311 e. The largest absolute Gasteiger partial charge is 0.481 e. The minimum absolute atomic E-state index is 0.0690. The first-order valence-corrected chi connectivity index (χ1v) is 18.9. The van der Waals surface area contributed by atoms with Gasteiger partial charge >= 0.3 is 11.9 Å². The zero-order valence-electron chi connectivity index (χ0n) is 27.7. The van der Waals surface area contributed by atoms with Crippen molar-refractivity contribution in [3.05, 3.63) is 164 Å². The van der Waals surface area contributed by atoms with Crippen LogP contribution in [0.2, 0.25) is 5.02 Å². The van der Waals surface area contributed by atoms with Gasteiger partial charge in [-0.15, -0.1) is 0 Å². The predicted octanol–water partition coefficient (Wildman–Crippen LogP) is 9.26. The minimum Gasteiger partial charge on any atom is -0.481 e. The number of carbonyl (C=O) groups is 3. The quantitative estimate of drug-likeness (QED) is 0.0688. The maximum absolute atomic E-state index is 12.3. The zero-order chi connectivity index (χ0) is 36.7. The Balaban J connectivity index is 0.000000209. The van der Waals surface area contributed by atoms with Crippen molar-refractivity contribution in [2.24, 2.45) is 0 Å². The summed E-state index contributed by atoms with van der Waals surface area (Å²) in [6, 6.07) is 39.5. The van der Waals surface area contributed by atoms with Gasteiger partial charge in [-0.3, -0.25) is 18.9 Å². The Labute approximate surface area is 311 Å². The van der Waals surface area contributed by atoms with Crippen molar-refractivity contribution in [3.8, 4) is 0 Å². The normalized spacial score (nSPS) is 12.8. The van der Waals surface area contributed by atoms with E-state index in [1.54, 1.807) is 78.9 Å². The van der Waals surface area contributed by atoms with Gasteiger partial charge in [0.25, 0.3) is 7.37 Å². The summed E-state index contributed by atoms with van der Waals surface area (Å²) in [6.45, 7) is 3.95. The average molecular weight is 825 g/mol. The van der Waals surface area contributed by atoms with Crippen LogP contribution in [0.4, 0.5) is 0 Å². The molecule has 0 radical (unpaired) electrons. The number of Topliss-reactive ketones (excluding diaryl/α,β-unsaturated/α-hetero) is 1. The molecule has 0 spiro atoms. The van der Waals surface area contributed by atoms with Crippen LogP contribution < -0.4 is 10.6 Å². The predicted molar refractivity (Wildman–Crippen MR) is 208 cm³/mol. The van der Waals surface area contributed by atoms with Crippen molar-refractivity contribution in [1.82, 2.24) is 0 Å². The number of carboxylic acids is 2. The molecule has 0 heterocycles. The summed E-state index contributed by atoms with van der Waals surface area (Å²) in [5.74, 6) is -2.45. The van der Waals surface area contributed by atoms with E-state index in [1.165, 1.54) is 5.56 Å². The molecule has 0 amide bonds. The molecule has 0 saturated carbocycles. The SMILES string of the molecule is CC(CCC(=O)O)c1ccccc1.Cc1cccc(C(=O)CC(C(=O)O)c2ccc(Cl)cc2)c1.O=P(O)(c1ccccc1)c1ccc(I)cc1. The van der Waals surface area contributed by atoms with Crippen molar-refractivity contribution in [2.75, 3.05) is 0 Å². The smallest absolute Gasteiger partial charge is 0.311 e. The van der Waals surface area contributed by atoms with Gasteiger partial charge < -0.3 is 15.1 Å². The van der Waals surface area contributed by atoms with Crippen LogP contribution >= 0.6 is 41.6 Å². The molecule has 3 N–H and O–H groups in total. The molecule has 50 heavy (non-hydrogen) atoms. The van der Waals surface area contributed by atoms with E-state index in [9.17, 15) is 28.9 Å². The number of halogens is 2. The summed E-state index contributed by atoms with van der Waals surface area (Å²) in [6.07, 6.45) is 0.885. The van der Waals surface area contributed by atoms with E-state index < -0.39 is 25.2 Å². The lowest BCUT2D eigenvalue weighted by molar-refractivity contribution is -0.139. The van der Waals surface area contributed by atoms with E-state index in [-0.39, 0.29) is 18.6 Å². The molecular formula is C40H39ClIO7P. The fraction of sp³-hybridized carbons (Fsp3) is 0.175. The van der Waals surface area contributed by atoms with Gasteiger partial charge in [-0.05, 0) is 108 Å². The van der Waals surface area contributed by atoms with E-state index in [0.717, 1.165) is 9.13 Å². The molecule has 0 aliphatic heterocycles. The molecule has 0 fully saturated rings. The van der Waals surface area contributed by atoms with Crippen LogP contribution in [0.3, 0.4) is 0 Å². The second-order valence-corrected chi connectivity index (χ2v) is 15.4. The molecule has 5 aromatic carbocycles. The molecule has 7 nitrogen and oxygen atoms in total. The highest BCUT2D eigenvalue weighted by molar-refractivity contribution is 14.1. The summed E-state index contributed by atoms with van der Waals surface area (Å²) in [5, 5.41) is 19.3. The number of hydrogen-bond acceptors (Lipinski definition) is 4. The van der Waals surface area contributed by atoms with E-state index >= 15 is 0 Å². The standard InChI is InChI=1S/C17H15ClO3.C12H10IO2P.C11H14O2/c1-11-3-2-4-13(9-11)16(19)10-15(17(20)21)12-5-7-14(18)8-6-12;13-10-6-8-12(9-7-10)16(14,15)11-4-2-1-3-5-11;1-9(7-8-11(12)13)10-5-3-2-4-6-10/h2-9,15H,10H2,1H3,(H,20,21);1-9H,(H,14,15);2-6,9H,7-8H2,1H3,(H,12,13). The number of hydrogen-bond donors (Lipinski definition) is 3. The van der Waals surface area contributed by atoms with Crippen LogP contribution in [0.25, 0.3) is 0 Å². The highest BCUT2D eigenvalue weighted by atomic mass is 127. The third-order valence-electron chi connectivity index (χ3n) is 7.74. The van der Waals surface area contributed by atoms with Crippen molar-refractivity contribution in [1.29, 1.82) is 0 Å². The Bertz CT molecular complexity index is 1880. The van der Waals surface area contributed by atoms with Gasteiger partial charge in [-0.1, -0.05) is 103 Å². The molecule has 260 valence electrons. The summed E-state index contributed by atoms with van der Waals surface area (Å²) in [5.41, 5.74) is 3.30. The molecule has 5 rings (SSSR count). The Kier molecular flexibility index (Phi) is 16.1. The van der Waals surface area contributed by atoms with Gasteiger partial charge in [0.1, 0.15) is 0 Å². The van der Waals surface area contributed by atoms with Gasteiger partial charge in [-0.25, -0.2) is 0 Å². The summed E-state index contributed by atoms with van der Waals surface area (Å²) >= 11 is 7.97. The van der Waals surface area contributed by atoms with Gasteiger partial charge in [0.05, 0.1) is 5.92 Å². The molecular weight excluding hydrogens is 786 g/mol. The lowest BCUT2D eigenvalue weighted by Crippen LogP contribution is -2.16. The molecule has 0 aliphatic rings. The Morgan fingerprint density at radius 1 is 0.740 bits per heavy atom. The van der Waals surface area contributed by atoms with Crippen molar-refractivity contribution >= 4 is 69.9 Å². The van der Waals surface area contributed by atoms with Crippen molar-refractivity contribution in [3.63, 3.8) is 0 Å². The second-order valence-electron chi connectivity index (χ2n) is 11.6. The van der Waals surface area contributed by atoms with Crippen LogP contribution in [0.15, 0.2) is 133 Å². The van der Waals surface area contributed by atoms with Crippen molar-refractivity contribution in [2.45, 2.75) is 44.9 Å². The second kappa shape index (κ2) is 19.9. The Hall–Kier alpha value is -4.08. The molecule has 5 aromatic rings. The third-order valence-corrected chi connectivity index (χ3v) is 10.7. The van der Waals surface area contributed by atoms with Crippen LogP contribution in [0, 0.1) is 10.5 Å². The molecule has 0 aromatic heterocycles. The fourth-order valence-corrected chi connectivity index (χ4v) is 6.79. The lowest BCUT2D eigenvalue weighted by atomic mass is 9.91. The number of carboxylic acid groups (broad SMARTS) is 2. The molecule has 0 bridgehead atoms. The number of rotatable bonds is 11. The number of benzene rings is 5. The molecule has 10 heteroatoms. The Morgan fingerprint density at radius 2 is 1.30 bits per heavy atom. The van der Waals surface area contributed by atoms with E-state index in [2.05, 4.69) is 29.5 Å². The first-order chi connectivity index (χ1) is 23.8. The van der Waals surface area contributed by atoms with Gasteiger partial charge in [-0.2, -0.15) is 0 Å². The summed E-state index contributed by atoms with van der Waals surface area (Å²) in [4.78, 5) is 44.1. The first-order valence-electron chi connectivity index (χ1n) is 15.8. The van der Waals surface area contributed by atoms with Crippen LogP contribution in [-0.2, 0) is 14.2 Å². The number of carbonyl (C=O) groups excluding carboxylic acids is 1. The van der Waals surface area contributed by atoms with E-state index in [1.807, 2.05) is 61.5 Å². The first kappa shape index (κ1) is 40.4. The van der Waals surface area contributed by atoms with Crippen LogP contribution in [-0.4, -0.2) is 32.8 Å². The fourth-order valence-electron chi connectivity index (χ4n) is 4.88. The summed E-state index contributed by atoms with van der Waals surface area (Å²) in [7, 11) is -3.42. The van der Waals surface area contributed by atoms with Crippen molar-refractivity contribution < 1.29 is 34.1 Å². The topological polar surface area (TPSA) is 129 Å². The molecule has 3 atom stereocenters. The average Bonchev–Trinajstić information content (AvgIpc) is 3.11. The van der Waals surface area contributed by atoms with Gasteiger partial charge in [0, 0.05) is 37.6 Å². The Morgan fingerprint density at radius 3 is 1.84 bits per heavy atom. The third kappa shape index (κ3) is 13.0. The van der Waals surface area contributed by atoms with Gasteiger partial charge in [0.15, 0.2) is 5.78 Å². The van der Waals surface area contributed by atoms with E-state index in [4.69, 9.17) is 16.7 Å². The molecule has 0 saturated heterocycles. The molecule has 3 unspecified atom stereocenters. The maximum atomic E-state index is 12.3. The summed E-state index contributed by atoms with van der Waals surface area (Å²) < 4.78 is 13.3. The number of ketones is 1. The van der Waals surface area contributed by atoms with Gasteiger partial charge in [0.2, 0.25) is 0 Å². The number of aryl methyl sites for hydroxylation is 1. The highest BCUT2D eigenvalue weighted by Gasteiger charge is 2.24. The van der Waals surface area contributed by atoms with E-state index in [0.29, 0.717) is 39.1 Å².